The lowest BCUT2D eigenvalue weighted by Gasteiger charge is -2.13. The van der Waals surface area contributed by atoms with E-state index in [1.165, 1.54) is 0 Å². The molecule has 0 radical (unpaired) electrons. The van der Waals surface area contributed by atoms with Crippen LogP contribution in [0.25, 0.3) is 10.8 Å². The summed E-state index contributed by atoms with van der Waals surface area (Å²) in [5, 5.41) is 5.14. The molecule has 3 aromatic carbocycles. The molecule has 30 heavy (non-hydrogen) atoms. The van der Waals surface area contributed by atoms with Crippen molar-refractivity contribution >= 4 is 28.2 Å². The first-order valence-electron chi connectivity index (χ1n) is 9.89. The van der Waals surface area contributed by atoms with Crippen molar-refractivity contribution in [3.05, 3.63) is 95.4 Å². The third kappa shape index (κ3) is 4.46. The summed E-state index contributed by atoms with van der Waals surface area (Å²) in [4.78, 5) is 23.8. The van der Waals surface area contributed by atoms with Crippen LogP contribution in [0.5, 0.6) is 0 Å². The maximum absolute atomic E-state index is 12.6. The smallest absolute Gasteiger partial charge is 0.255 e. The predicted molar refractivity (Wildman–Crippen MR) is 122 cm³/mol. The fraction of sp³-hybridized carbons (Fsp3) is 0.160. The number of nitrogens with zero attached hydrogens (tertiary/aromatic N) is 3. The van der Waals surface area contributed by atoms with E-state index in [1.54, 1.807) is 0 Å². The van der Waals surface area contributed by atoms with Gasteiger partial charge in [-0.15, -0.1) is 0 Å². The number of rotatable bonds is 5. The summed E-state index contributed by atoms with van der Waals surface area (Å²) >= 11 is 0. The minimum absolute atomic E-state index is 0.119. The molecule has 1 amide bonds. The molecule has 1 aromatic heterocycles. The maximum Gasteiger partial charge on any atom is 0.255 e. The van der Waals surface area contributed by atoms with E-state index in [-0.39, 0.29) is 5.91 Å². The van der Waals surface area contributed by atoms with Gasteiger partial charge in [-0.2, -0.15) is 0 Å². The van der Waals surface area contributed by atoms with Crippen LogP contribution < -0.4 is 10.2 Å². The average molecular weight is 396 g/mol. The lowest BCUT2D eigenvalue weighted by Crippen LogP contribution is -2.13. The zero-order valence-electron chi connectivity index (χ0n) is 17.4. The molecule has 0 fully saturated rings. The van der Waals surface area contributed by atoms with Crippen LogP contribution in [0.3, 0.4) is 0 Å². The van der Waals surface area contributed by atoms with Crippen LogP contribution in [0.4, 0.5) is 11.5 Å². The molecule has 0 bridgehead atoms. The number of amides is 1. The number of hydrogen-bond acceptors (Lipinski definition) is 4. The Bertz CT molecular complexity index is 1200. The molecule has 150 valence electrons. The molecule has 1 N–H and O–H groups in total. The maximum atomic E-state index is 12.6. The molecule has 0 saturated carbocycles. The van der Waals surface area contributed by atoms with Crippen LogP contribution in [-0.2, 0) is 6.42 Å². The van der Waals surface area contributed by atoms with Gasteiger partial charge in [-0.1, -0.05) is 42.5 Å². The molecule has 0 saturated heterocycles. The zero-order chi connectivity index (χ0) is 21.1. The van der Waals surface area contributed by atoms with Gasteiger partial charge < -0.3 is 10.2 Å². The van der Waals surface area contributed by atoms with Crippen molar-refractivity contribution in [3.63, 3.8) is 0 Å². The van der Waals surface area contributed by atoms with Crippen LogP contribution in [0.1, 0.15) is 27.4 Å². The van der Waals surface area contributed by atoms with Gasteiger partial charge in [0.05, 0.1) is 0 Å². The number of aryl methyl sites for hydroxylation is 1. The number of hydrogen-bond donors (Lipinski definition) is 1. The summed E-state index contributed by atoms with van der Waals surface area (Å²) in [6.07, 6.45) is 0.640. The van der Waals surface area contributed by atoms with Crippen molar-refractivity contribution in [3.8, 4) is 0 Å². The van der Waals surface area contributed by atoms with Crippen LogP contribution in [-0.4, -0.2) is 30.0 Å². The van der Waals surface area contributed by atoms with Gasteiger partial charge in [-0.3, -0.25) is 4.79 Å². The second kappa shape index (κ2) is 8.33. The Kier molecular flexibility index (Phi) is 5.44. The molecule has 4 rings (SSSR count). The summed E-state index contributed by atoms with van der Waals surface area (Å²) in [5.74, 6) is 1.56. The van der Waals surface area contributed by atoms with E-state index in [0.29, 0.717) is 12.0 Å². The Labute approximate surface area is 176 Å². The minimum Gasteiger partial charge on any atom is -0.363 e. The van der Waals surface area contributed by atoms with Crippen LogP contribution in [0.15, 0.2) is 72.8 Å². The Hall–Kier alpha value is -3.73. The van der Waals surface area contributed by atoms with Crippen molar-refractivity contribution in [2.24, 2.45) is 0 Å². The molecule has 0 aliphatic rings. The Morgan fingerprint density at radius 3 is 2.37 bits per heavy atom. The molecule has 0 spiro atoms. The predicted octanol–water partition coefficient (Wildman–Crippen LogP) is 4.85. The Morgan fingerprint density at radius 2 is 1.63 bits per heavy atom. The van der Waals surface area contributed by atoms with E-state index in [1.807, 2.05) is 98.7 Å². The van der Waals surface area contributed by atoms with Crippen LogP contribution in [0, 0.1) is 6.92 Å². The number of anilines is 2. The highest BCUT2D eigenvalue weighted by Crippen LogP contribution is 2.18. The number of fused-ring (bicyclic) bond motifs is 1. The summed E-state index contributed by atoms with van der Waals surface area (Å²) in [6.45, 7) is 1.98. The number of aromatic nitrogens is 2. The minimum atomic E-state index is -0.119. The van der Waals surface area contributed by atoms with Crippen molar-refractivity contribution in [2.45, 2.75) is 13.3 Å². The highest BCUT2D eigenvalue weighted by Gasteiger charge is 2.08. The number of benzene rings is 3. The first kappa shape index (κ1) is 19.6. The standard InChI is InChI=1S/C25H24N4O/c1-17-14-24(29(2)3)28-23(26-17)15-18-8-12-22(13-9-18)27-25(30)21-11-10-19-6-4-5-7-20(19)16-21/h4-14,16H,15H2,1-3H3,(H,27,30). The lowest BCUT2D eigenvalue weighted by atomic mass is 10.1. The summed E-state index contributed by atoms with van der Waals surface area (Å²) in [5.41, 5.74) is 3.44. The van der Waals surface area contributed by atoms with Crippen molar-refractivity contribution in [1.29, 1.82) is 0 Å². The molecule has 5 nitrogen and oxygen atoms in total. The molecule has 1 heterocycles. The number of nitrogens with one attached hydrogen (secondary N) is 1. The summed E-state index contributed by atoms with van der Waals surface area (Å²) < 4.78 is 0. The van der Waals surface area contributed by atoms with Crippen molar-refractivity contribution in [1.82, 2.24) is 9.97 Å². The van der Waals surface area contributed by atoms with E-state index in [4.69, 9.17) is 0 Å². The fourth-order valence-corrected chi connectivity index (χ4v) is 3.34. The van der Waals surface area contributed by atoms with Gasteiger partial charge in [0.1, 0.15) is 11.6 Å². The molecule has 5 heteroatoms. The van der Waals surface area contributed by atoms with Gasteiger partial charge in [0.15, 0.2) is 0 Å². The lowest BCUT2D eigenvalue weighted by molar-refractivity contribution is 0.102. The van der Waals surface area contributed by atoms with E-state index in [0.717, 1.165) is 39.4 Å². The van der Waals surface area contributed by atoms with Crippen LogP contribution >= 0.6 is 0 Å². The highest BCUT2D eigenvalue weighted by atomic mass is 16.1. The first-order chi connectivity index (χ1) is 14.5. The summed E-state index contributed by atoms with van der Waals surface area (Å²) in [6, 6.07) is 23.5. The monoisotopic (exact) mass is 396 g/mol. The van der Waals surface area contributed by atoms with E-state index >= 15 is 0 Å². The van der Waals surface area contributed by atoms with Gasteiger partial charge in [-0.05, 0) is 47.5 Å². The third-order valence-electron chi connectivity index (χ3n) is 4.93. The van der Waals surface area contributed by atoms with Crippen molar-refractivity contribution in [2.75, 3.05) is 24.3 Å². The largest absolute Gasteiger partial charge is 0.363 e. The van der Waals surface area contributed by atoms with Gasteiger partial charge in [-0.25, -0.2) is 9.97 Å². The van der Waals surface area contributed by atoms with Gasteiger partial charge in [0, 0.05) is 43.5 Å². The molecule has 0 aliphatic heterocycles. The molecule has 0 unspecified atom stereocenters. The highest BCUT2D eigenvalue weighted by molar-refractivity contribution is 6.06. The molecule has 4 aromatic rings. The van der Waals surface area contributed by atoms with Gasteiger partial charge >= 0.3 is 0 Å². The second-order valence-corrected chi connectivity index (χ2v) is 7.57. The molecule has 0 aliphatic carbocycles. The molecule has 0 atom stereocenters. The third-order valence-corrected chi connectivity index (χ3v) is 4.93. The Balaban J connectivity index is 1.46. The second-order valence-electron chi connectivity index (χ2n) is 7.57. The summed E-state index contributed by atoms with van der Waals surface area (Å²) in [7, 11) is 3.94. The molecular formula is C25H24N4O. The quantitative estimate of drug-likeness (QED) is 0.524. The first-order valence-corrected chi connectivity index (χ1v) is 9.89. The van der Waals surface area contributed by atoms with E-state index < -0.39 is 0 Å². The van der Waals surface area contributed by atoms with Crippen molar-refractivity contribution < 1.29 is 4.79 Å². The zero-order valence-corrected chi connectivity index (χ0v) is 17.4. The SMILES string of the molecule is Cc1cc(N(C)C)nc(Cc2ccc(NC(=O)c3ccc4ccccc4c3)cc2)n1. The number of carbonyl (C=O) groups is 1. The fourth-order valence-electron chi connectivity index (χ4n) is 3.34. The van der Waals surface area contributed by atoms with Gasteiger partial charge in [0.2, 0.25) is 0 Å². The average Bonchev–Trinajstić information content (AvgIpc) is 2.74. The number of carbonyl (C=O) groups excluding carboxylic acids is 1. The van der Waals surface area contributed by atoms with E-state index in [9.17, 15) is 4.79 Å². The molecular weight excluding hydrogens is 372 g/mol. The Morgan fingerprint density at radius 1 is 0.900 bits per heavy atom. The normalized spacial score (nSPS) is 10.8. The van der Waals surface area contributed by atoms with Crippen LogP contribution in [0.2, 0.25) is 0 Å². The topological polar surface area (TPSA) is 58.1 Å². The van der Waals surface area contributed by atoms with Gasteiger partial charge in [0.25, 0.3) is 5.91 Å². The van der Waals surface area contributed by atoms with E-state index in [2.05, 4.69) is 15.3 Å².